The third-order valence-corrected chi connectivity index (χ3v) is 5.17. The second-order valence-corrected chi connectivity index (χ2v) is 6.86. The predicted molar refractivity (Wildman–Crippen MR) is 80.1 cm³/mol. The van der Waals surface area contributed by atoms with E-state index in [0.29, 0.717) is 12.5 Å². The van der Waals surface area contributed by atoms with Gasteiger partial charge in [0.05, 0.1) is 0 Å². The molecule has 6 heteroatoms. The molecule has 3 rings (SSSR count). The van der Waals surface area contributed by atoms with Crippen molar-refractivity contribution in [3.63, 3.8) is 0 Å². The molecule has 3 atom stereocenters. The number of rotatable bonds is 1. The normalized spacial score (nSPS) is 34.9. The van der Waals surface area contributed by atoms with Gasteiger partial charge in [0.1, 0.15) is 11.4 Å². The highest BCUT2D eigenvalue weighted by atomic mass is 16.2. The number of fused-ring (bicyclic) bond motifs is 2. The van der Waals surface area contributed by atoms with Gasteiger partial charge in [-0.2, -0.15) is 0 Å². The number of amidine groups is 1. The maximum atomic E-state index is 12.6. The summed E-state index contributed by atoms with van der Waals surface area (Å²) in [5.41, 5.74) is -0.601. The van der Waals surface area contributed by atoms with Gasteiger partial charge in [-0.25, -0.2) is 4.79 Å². The van der Waals surface area contributed by atoms with E-state index in [1.54, 1.807) is 11.9 Å². The third kappa shape index (κ3) is 2.03. The Morgan fingerprint density at radius 2 is 2.14 bits per heavy atom. The fourth-order valence-electron chi connectivity index (χ4n) is 4.05. The molecule has 2 heterocycles. The van der Waals surface area contributed by atoms with Gasteiger partial charge in [-0.05, 0) is 39.5 Å². The van der Waals surface area contributed by atoms with Crippen LogP contribution in [-0.2, 0) is 4.79 Å². The van der Waals surface area contributed by atoms with Crippen LogP contribution in [0.25, 0.3) is 0 Å². The smallest absolute Gasteiger partial charge is 0.317 e. The number of carbonyl (C=O) groups excluding carboxylic acids is 2. The standard InChI is InChI=1S/C15H24N4O2/c1-9(2)16-14(21)19-7-11-5-6-15(12(11)8-19)13(20)18(4)10(3)17-15/h9,11-12H,5-8H2,1-4H3,(H,16,21)/t11-,12+,15-/m0/s1. The number of aliphatic imine (C=N–C) groups is 1. The molecule has 116 valence electrons. The molecule has 0 aromatic heterocycles. The van der Waals surface area contributed by atoms with Crippen molar-refractivity contribution in [2.45, 2.75) is 45.2 Å². The number of nitrogens with zero attached hydrogens (tertiary/aromatic N) is 3. The number of nitrogens with one attached hydrogen (secondary N) is 1. The lowest BCUT2D eigenvalue weighted by atomic mass is 9.85. The summed E-state index contributed by atoms with van der Waals surface area (Å²) in [4.78, 5) is 33.0. The van der Waals surface area contributed by atoms with E-state index in [-0.39, 0.29) is 23.9 Å². The molecule has 1 N–H and O–H groups in total. The lowest BCUT2D eigenvalue weighted by Gasteiger charge is -2.27. The Morgan fingerprint density at radius 1 is 1.43 bits per heavy atom. The Kier molecular flexibility index (Phi) is 3.22. The van der Waals surface area contributed by atoms with Crippen molar-refractivity contribution in [2.75, 3.05) is 20.1 Å². The number of urea groups is 1. The summed E-state index contributed by atoms with van der Waals surface area (Å²) < 4.78 is 0. The molecule has 1 spiro atoms. The van der Waals surface area contributed by atoms with E-state index in [1.165, 1.54) is 0 Å². The molecule has 0 radical (unpaired) electrons. The summed E-state index contributed by atoms with van der Waals surface area (Å²) in [5, 5.41) is 2.94. The van der Waals surface area contributed by atoms with Crippen molar-refractivity contribution in [1.82, 2.24) is 15.1 Å². The lowest BCUT2D eigenvalue weighted by molar-refractivity contribution is -0.131. The zero-order valence-corrected chi connectivity index (χ0v) is 13.2. The minimum Gasteiger partial charge on any atom is -0.336 e. The predicted octanol–water partition coefficient (Wildman–Crippen LogP) is 1.08. The van der Waals surface area contributed by atoms with Gasteiger partial charge in [0, 0.05) is 32.1 Å². The van der Waals surface area contributed by atoms with E-state index in [1.807, 2.05) is 25.7 Å². The van der Waals surface area contributed by atoms with Crippen LogP contribution in [0, 0.1) is 11.8 Å². The number of hydrogen-bond donors (Lipinski definition) is 1. The van der Waals surface area contributed by atoms with E-state index in [4.69, 9.17) is 4.99 Å². The highest BCUT2D eigenvalue weighted by Gasteiger charge is 2.60. The van der Waals surface area contributed by atoms with E-state index >= 15 is 0 Å². The summed E-state index contributed by atoms with van der Waals surface area (Å²) in [6.07, 6.45) is 1.80. The van der Waals surface area contributed by atoms with Crippen molar-refractivity contribution in [1.29, 1.82) is 0 Å². The second-order valence-electron chi connectivity index (χ2n) is 6.86. The molecule has 21 heavy (non-hydrogen) atoms. The van der Waals surface area contributed by atoms with Crippen molar-refractivity contribution < 1.29 is 9.59 Å². The van der Waals surface area contributed by atoms with Crippen LogP contribution < -0.4 is 5.32 Å². The monoisotopic (exact) mass is 292 g/mol. The molecule has 0 aromatic rings. The molecular weight excluding hydrogens is 268 g/mol. The van der Waals surface area contributed by atoms with Crippen molar-refractivity contribution in [2.24, 2.45) is 16.8 Å². The topological polar surface area (TPSA) is 65.0 Å². The largest absolute Gasteiger partial charge is 0.336 e. The van der Waals surface area contributed by atoms with Gasteiger partial charge in [0.15, 0.2) is 0 Å². The van der Waals surface area contributed by atoms with Gasteiger partial charge in [-0.15, -0.1) is 0 Å². The molecule has 3 aliphatic rings. The zero-order chi connectivity index (χ0) is 15.4. The third-order valence-electron chi connectivity index (χ3n) is 5.17. The van der Waals surface area contributed by atoms with Crippen LogP contribution >= 0.6 is 0 Å². The van der Waals surface area contributed by atoms with E-state index in [2.05, 4.69) is 5.32 Å². The molecule has 1 saturated heterocycles. The minimum absolute atomic E-state index is 0.0194. The fourth-order valence-corrected chi connectivity index (χ4v) is 4.05. The molecule has 0 unspecified atom stereocenters. The first-order chi connectivity index (χ1) is 9.85. The van der Waals surface area contributed by atoms with E-state index < -0.39 is 5.54 Å². The van der Waals surface area contributed by atoms with Crippen LogP contribution in [0.3, 0.4) is 0 Å². The molecule has 0 bridgehead atoms. The maximum absolute atomic E-state index is 12.6. The second kappa shape index (κ2) is 4.71. The van der Waals surface area contributed by atoms with Gasteiger partial charge in [0.25, 0.3) is 5.91 Å². The SMILES string of the molecule is CC1=N[C@]2(CC[C@H]3CN(C(=O)NC(C)C)C[C@H]32)C(=O)N1C. The Bertz CT molecular complexity index is 516. The molecule has 2 fully saturated rings. The molecule has 3 amide bonds. The molecule has 6 nitrogen and oxygen atoms in total. The summed E-state index contributed by atoms with van der Waals surface area (Å²) in [7, 11) is 1.79. The van der Waals surface area contributed by atoms with Crippen LogP contribution in [0.5, 0.6) is 0 Å². The zero-order valence-electron chi connectivity index (χ0n) is 13.2. The van der Waals surface area contributed by atoms with Crippen LogP contribution in [0.15, 0.2) is 4.99 Å². The molecule has 1 aliphatic carbocycles. The Morgan fingerprint density at radius 3 is 2.71 bits per heavy atom. The average molecular weight is 292 g/mol. The highest BCUT2D eigenvalue weighted by molar-refractivity contribution is 6.07. The van der Waals surface area contributed by atoms with Crippen molar-refractivity contribution in [3.8, 4) is 0 Å². The Hall–Kier alpha value is -1.59. The molecule has 2 aliphatic heterocycles. The minimum atomic E-state index is -0.601. The summed E-state index contributed by atoms with van der Waals surface area (Å²) in [5.74, 6) is 1.47. The van der Waals surface area contributed by atoms with E-state index in [0.717, 1.165) is 25.2 Å². The Labute approximate surface area is 125 Å². The molecular formula is C15H24N4O2. The summed E-state index contributed by atoms with van der Waals surface area (Å²) in [6.45, 7) is 7.19. The molecule has 1 saturated carbocycles. The van der Waals surface area contributed by atoms with Gasteiger partial charge in [-0.3, -0.25) is 9.79 Å². The van der Waals surface area contributed by atoms with Gasteiger partial charge >= 0.3 is 6.03 Å². The van der Waals surface area contributed by atoms with Gasteiger partial charge in [-0.1, -0.05) is 0 Å². The Balaban J connectivity index is 1.79. The lowest BCUT2D eigenvalue weighted by Crippen LogP contribution is -2.47. The fraction of sp³-hybridized carbons (Fsp3) is 0.800. The highest BCUT2D eigenvalue weighted by Crippen LogP contribution is 2.49. The first-order valence-electron chi connectivity index (χ1n) is 7.75. The number of likely N-dealkylation sites (tertiary alicyclic amines) is 1. The van der Waals surface area contributed by atoms with Crippen LogP contribution in [0.1, 0.15) is 33.6 Å². The maximum Gasteiger partial charge on any atom is 0.317 e. The van der Waals surface area contributed by atoms with Crippen LogP contribution in [0.4, 0.5) is 4.79 Å². The van der Waals surface area contributed by atoms with Gasteiger partial charge < -0.3 is 15.1 Å². The van der Waals surface area contributed by atoms with Crippen molar-refractivity contribution in [3.05, 3.63) is 0 Å². The average Bonchev–Trinajstić information content (AvgIpc) is 3.02. The first kappa shape index (κ1) is 14.4. The number of amides is 3. The summed E-state index contributed by atoms with van der Waals surface area (Å²) in [6, 6.07) is 0.112. The van der Waals surface area contributed by atoms with Crippen LogP contribution in [0.2, 0.25) is 0 Å². The number of carbonyl (C=O) groups is 2. The van der Waals surface area contributed by atoms with Gasteiger partial charge in [0.2, 0.25) is 0 Å². The quantitative estimate of drug-likeness (QED) is 0.786. The summed E-state index contributed by atoms with van der Waals surface area (Å²) >= 11 is 0. The van der Waals surface area contributed by atoms with Crippen LogP contribution in [-0.4, -0.2) is 59.3 Å². The van der Waals surface area contributed by atoms with Crippen molar-refractivity contribution >= 4 is 17.8 Å². The number of likely N-dealkylation sites (N-methyl/N-ethyl adjacent to an activating group) is 1. The molecule has 0 aromatic carbocycles. The van der Waals surface area contributed by atoms with E-state index in [9.17, 15) is 9.59 Å². The first-order valence-corrected chi connectivity index (χ1v) is 7.75. The number of hydrogen-bond acceptors (Lipinski definition) is 3.